The summed E-state index contributed by atoms with van der Waals surface area (Å²) in [7, 11) is -2.49. The lowest BCUT2D eigenvalue weighted by molar-refractivity contribution is 0.0696. The van der Waals surface area contributed by atoms with E-state index in [1.807, 2.05) is 0 Å². The summed E-state index contributed by atoms with van der Waals surface area (Å²) in [5.41, 5.74) is 0.0522. The van der Waals surface area contributed by atoms with Gasteiger partial charge >= 0.3 is 5.97 Å². The molecule has 0 saturated heterocycles. The van der Waals surface area contributed by atoms with Gasteiger partial charge in [0.15, 0.2) is 0 Å². The lowest BCUT2D eigenvalue weighted by Crippen LogP contribution is -2.17. The fourth-order valence-electron chi connectivity index (χ4n) is 1.64. The Morgan fingerprint density at radius 1 is 1.40 bits per heavy atom. The molecule has 0 aliphatic carbocycles. The molecular formula is C10H11N5O4S. The summed E-state index contributed by atoms with van der Waals surface area (Å²) in [6, 6.07) is 3.99. The van der Waals surface area contributed by atoms with Crippen molar-refractivity contribution in [2.45, 2.75) is 11.8 Å². The van der Waals surface area contributed by atoms with E-state index in [0.29, 0.717) is 0 Å². The molecule has 0 bridgehead atoms. The van der Waals surface area contributed by atoms with Gasteiger partial charge in [-0.05, 0) is 29.8 Å². The van der Waals surface area contributed by atoms with Gasteiger partial charge in [-0.3, -0.25) is 0 Å². The third kappa shape index (κ3) is 2.59. The largest absolute Gasteiger partial charge is 0.478 e. The summed E-state index contributed by atoms with van der Waals surface area (Å²) in [6.07, 6.45) is 0. The molecule has 0 fully saturated rings. The van der Waals surface area contributed by atoms with Gasteiger partial charge in [-0.15, -0.1) is 5.10 Å². The van der Waals surface area contributed by atoms with Crippen LogP contribution in [-0.4, -0.2) is 39.7 Å². The molecule has 1 aromatic carbocycles. The van der Waals surface area contributed by atoms with Crippen molar-refractivity contribution >= 4 is 21.9 Å². The lowest BCUT2D eigenvalue weighted by Gasteiger charge is -2.09. The minimum atomic E-state index is -3.98. The summed E-state index contributed by atoms with van der Waals surface area (Å²) in [5.74, 6) is -1.38. The second-order valence-electron chi connectivity index (χ2n) is 3.94. The number of benzene rings is 1. The van der Waals surface area contributed by atoms with E-state index in [1.54, 1.807) is 0 Å². The van der Waals surface area contributed by atoms with Crippen LogP contribution in [0.1, 0.15) is 15.9 Å². The number of hydrogen-bond donors (Lipinski definition) is 2. The summed E-state index contributed by atoms with van der Waals surface area (Å²) < 4.78 is 26.5. The van der Waals surface area contributed by atoms with Crippen LogP contribution in [-0.2, 0) is 17.1 Å². The van der Waals surface area contributed by atoms with Gasteiger partial charge in [0.2, 0.25) is 0 Å². The fraction of sp³-hybridized carbons (Fsp3) is 0.200. The number of aryl methyl sites for hydroxylation is 1. The van der Waals surface area contributed by atoms with Crippen LogP contribution in [0, 0.1) is 6.92 Å². The Bertz CT molecular complexity index is 768. The van der Waals surface area contributed by atoms with Crippen LogP contribution in [0.4, 0.5) is 5.95 Å². The number of aromatic carboxylic acids is 1. The number of aromatic nitrogens is 4. The number of rotatable bonds is 4. The van der Waals surface area contributed by atoms with Crippen LogP contribution in [0.2, 0.25) is 0 Å². The average molecular weight is 297 g/mol. The Balaban J connectivity index is 2.44. The van der Waals surface area contributed by atoms with E-state index in [4.69, 9.17) is 5.11 Å². The maximum Gasteiger partial charge on any atom is 0.335 e. The number of carbonyl (C=O) groups is 1. The Morgan fingerprint density at radius 3 is 2.65 bits per heavy atom. The van der Waals surface area contributed by atoms with Gasteiger partial charge in [0.1, 0.15) is 0 Å². The third-order valence-corrected chi connectivity index (χ3v) is 4.01. The quantitative estimate of drug-likeness (QED) is 0.814. The molecule has 2 rings (SSSR count). The van der Waals surface area contributed by atoms with E-state index >= 15 is 0 Å². The van der Waals surface area contributed by atoms with Crippen LogP contribution < -0.4 is 4.72 Å². The number of nitrogens with one attached hydrogen (secondary N) is 1. The second kappa shape index (κ2) is 4.89. The predicted octanol–water partition coefficient (Wildman–Crippen LogP) is 0.0175. The highest BCUT2D eigenvalue weighted by molar-refractivity contribution is 7.92. The van der Waals surface area contributed by atoms with Gasteiger partial charge in [0.25, 0.3) is 16.0 Å². The number of sulfonamides is 1. The van der Waals surface area contributed by atoms with Gasteiger partial charge in [-0.1, -0.05) is 11.2 Å². The number of anilines is 1. The van der Waals surface area contributed by atoms with E-state index in [0.717, 1.165) is 4.80 Å². The maximum atomic E-state index is 12.2. The highest BCUT2D eigenvalue weighted by Crippen LogP contribution is 2.20. The van der Waals surface area contributed by atoms with Gasteiger partial charge < -0.3 is 5.11 Å². The molecule has 1 aromatic heterocycles. The molecule has 20 heavy (non-hydrogen) atoms. The lowest BCUT2D eigenvalue weighted by atomic mass is 10.1. The topological polar surface area (TPSA) is 127 Å². The number of carboxylic acid groups (broad SMARTS) is 1. The summed E-state index contributed by atoms with van der Waals surface area (Å²) in [5, 5.41) is 19.7. The molecule has 2 aromatic rings. The van der Waals surface area contributed by atoms with Gasteiger partial charge in [-0.2, -0.15) is 4.80 Å². The molecule has 0 spiro atoms. The molecule has 10 heteroatoms. The molecule has 0 unspecified atom stereocenters. The average Bonchev–Trinajstić information content (AvgIpc) is 2.73. The molecule has 0 amide bonds. The van der Waals surface area contributed by atoms with E-state index in [1.165, 1.54) is 32.2 Å². The molecule has 0 saturated carbocycles. The molecule has 106 valence electrons. The first kappa shape index (κ1) is 13.9. The van der Waals surface area contributed by atoms with Crippen molar-refractivity contribution in [3.8, 4) is 0 Å². The summed E-state index contributed by atoms with van der Waals surface area (Å²) >= 11 is 0. The van der Waals surface area contributed by atoms with Crippen LogP contribution in [0.15, 0.2) is 23.1 Å². The van der Waals surface area contributed by atoms with Crippen LogP contribution in [0.5, 0.6) is 0 Å². The van der Waals surface area contributed by atoms with Gasteiger partial charge in [0.05, 0.1) is 17.5 Å². The van der Waals surface area contributed by atoms with Crippen LogP contribution in [0.3, 0.4) is 0 Å². The van der Waals surface area contributed by atoms with E-state index in [9.17, 15) is 13.2 Å². The van der Waals surface area contributed by atoms with E-state index in [-0.39, 0.29) is 22.0 Å². The zero-order valence-electron chi connectivity index (χ0n) is 10.6. The van der Waals surface area contributed by atoms with E-state index in [2.05, 4.69) is 20.1 Å². The number of carboxylic acids is 1. The SMILES string of the molecule is Cc1c(C(=O)O)cccc1S(=O)(=O)Nc1nnn(C)n1. The van der Waals surface area contributed by atoms with Crippen molar-refractivity contribution in [1.29, 1.82) is 0 Å². The fourth-order valence-corrected chi connectivity index (χ4v) is 2.84. The predicted molar refractivity (Wildman–Crippen MR) is 67.7 cm³/mol. The minimum Gasteiger partial charge on any atom is -0.478 e. The summed E-state index contributed by atoms with van der Waals surface area (Å²) in [6.45, 7) is 1.42. The molecule has 0 aliphatic rings. The first-order chi connectivity index (χ1) is 9.31. The van der Waals surface area contributed by atoms with Gasteiger partial charge in [0, 0.05) is 0 Å². The minimum absolute atomic E-state index is 0.0834. The van der Waals surface area contributed by atoms with Crippen molar-refractivity contribution in [1.82, 2.24) is 20.2 Å². The monoisotopic (exact) mass is 297 g/mol. The van der Waals surface area contributed by atoms with Crippen LogP contribution in [0.25, 0.3) is 0 Å². The Labute approximate surface area is 114 Å². The Hall–Kier alpha value is -2.49. The zero-order chi connectivity index (χ0) is 14.9. The van der Waals surface area contributed by atoms with Crippen molar-refractivity contribution in [2.24, 2.45) is 7.05 Å². The second-order valence-corrected chi connectivity index (χ2v) is 5.59. The molecule has 2 N–H and O–H groups in total. The number of nitrogens with zero attached hydrogens (tertiary/aromatic N) is 4. The third-order valence-electron chi connectivity index (χ3n) is 2.54. The Morgan fingerprint density at radius 2 is 2.10 bits per heavy atom. The molecule has 1 heterocycles. The van der Waals surface area contributed by atoms with Gasteiger partial charge in [-0.25, -0.2) is 17.9 Å². The van der Waals surface area contributed by atoms with Crippen molar-refractivity contribution in [3.63, 3.8) is 0 Å². The van der Waals surface area contributed by atoms with Crippen molar-refractivity contribution < 1.29 is 18.3 Å². The van der Waals surface area contributed by atoms with Crippen LogP contribution >= 0.6 is 0 Å². The normalized spacial score (nSPS) is 11.3. The molecule has 0 aliphatic heterocycles. The number of tetrazole rings is 1. The van der Waals surface area contributed by atoms with E-state index < -0.39 is 16.0 Å². The van der Waals surface area contributed by atoms with Crippen molar-refractivity contribution in [3.05, 3.63) is 29.3 Å². The maximum absolute atomic E-state index is 12.2. The summed E-state index contributed by atoms with van der Waals surface area (Å²) in [4.78, 5) is 12.0. The molecule has 0 radical (unpaired) electrons. The zero-order valence-corrected chi connectivity index (χ0v) is 11.4. The first-order valence-electron chi connectivity index (χ1n) is 5.41. The Kier molecular flexibility index (Phi) is 3.40. The first-order valence-corrected chi connectivity index (χ1v) is 6.89. The standard InChI is InChI=1S/C10H11N5O4S/c1-6-7(9(16)17)4-3-5-8(6)20(18,19)13-10-11-14-15(2)12-10/h3-5H,1-2H3,(H,12,13)(H,16,17). The number of hydrogen-bond acceptors (Lipinski definition) is 6. The molecule has 0 atom stereocenters. The highest BCUT2D eigenvalue weighted by atomic mass is 32.2. The molecule has 9 nitrogen and oxygen atoms in total. The highest BCUT2D eigenvalue weighted by Gasteiger charge is 2.22. The molecular weight excluding hydrogens is 286 g/mol. The smallest absolute Gasteiger partial charge is 0.335 e. The van der Waals surface area contributed by atoms with Crippen molar-refractivity contribution in [2.75, 3.05) is 4.72 Å².